The molecule has 1 fully saturated rings. The highest BCUT2D eigenvalue weighted by atomic mass is 79.9. The molecule has 2 rings (SSSR count). The number of hydrogen-bond donors (Lipinski definition) is 2. The van der Waals surface area contributed by atoms with E-state index in [1.165, 1.54) is 25.7 Å². The fourth-order valence-electron chi connectivity index (χ4n) is 2.72. The van der Waals surface area contributed by atoms with E-state index in [4.69, 9.17) is 5.73 Å². The topological polar surface area (TPSA) is 72.2 Å². The molecule has 7 heteroatoms. The van der Waals surface area contributed by atoms with E-state index in [1.54, 1.807) is 0 Å². The molecule has 0 heterocycles. The molecular formula is C14H20BrFN2O2S. The number of nitrogen functional groups attached to an aromatic ring is 1. The second kappa shape index (κ2) is 7.07. The summed E-state index contributed by atoms with van der Waals surface area (Å²) in [5, 5.41) is 0. The van der Waals surface area contributed by atoms with Gasteiger partial charge in [0.05, 0.1) is 0 Å². The number of halogens is 2. The molecule has 0 atom stereocenters. The lowest BCUT2D eigenvalue weighted by atomic mass is 10.0. The van der Waals surface area contributed by atoms with Gasteiger partial charge < -0.3 is 5.73 Å². The maximum absolute atomic E-state index is 13.8. The van der Waals surface area contributed by atoms with Gasteiger partial charge in [0.15, 0.2) is 0 Å². The van der Waals surface area contributed by atoms with Crippen LogP contribution in [0.2, 0.25) is 0 Å². The van der Waals surface area contributed by atoms with E-state index < -0.39 is 20.7 Å². The summed E-state index contributed by atoms with van der Waals surface area (Å²) >= 11 is 3.07. The first-order valence-corrected chi connectivity index (χ1v) is 9.42. The van der Waals surface area contributed by atoms with Crippen LogP contribution >= 0.6 is 15.9 Å². The Kier molecular flexibility index (Phi) is 5.62. The third kappa shape index (κ3) is 4.40. The van der Waals surface area contributed by atoms with E-state index in [9.17, 15) is 12.8 Å². The van der Waals surface area contributed by atoms with Crippen molar-refractivity contribution in [2.45, 2.75) is 43.4 Å². The highest BCUT2D eigenvalue weighted by Crippen LogP contribution is 2.28. The summed E-state index contributed by atoms with van der Waals surface area (Å²) in [6.07, 6.45) is 6.83. The van der Waals surface area contributed by atoms with Crippen molar-refractivity contribution in [3.05, 3.63) is 22.4 Å². The van der Waals surface area contributed by atoms with Crippen LogP contribution in [0.3, 0.4) is 0 Å². The molecule has 1 saturated carbocycles. The summed E-state index contributed by atoms with van der Waals surface area (Å²) in [6, 6.07) is 2.21. The molecule has 0 saturated heterocycles. The van der Waals surface area contributed by atoms with Crippen LogP contribution in [0.1, 0.15) is 38.5 Å². The van der Waals surface area contributed by atoms with Crippen molar-refractivity contribution in [3.8, 4) is 0 Å². The van der Waals surface area contributed by atoms with Crippen LogP contribution in [0.15, 0.2) is 21.5 Å². The van der Waals surface area contributed by atoms with Gasteiger partial charge in [0.2, 0.25) is 10.0 Å². The van der Waals surface area contributed by atoms with Crippen molar-refractivity contribution in [1.29, 1.82) is 0 Å². The second-order valence-corrected chi connectivity index (χ2v) is 8.08. The third-order valence-corrected chi connectivity index (χ3v) is 6.06. The first-order chi connectivity index (χ1) is 9.90. The summed E-state index contributed by atoms with van der Waals surface area (Å²) in [7, 11) is -3.85. The lowest BCUT2D eigenvalue weighted by Crippen LogP contribution is -2.26. The molecule has 1 aliphatic rings. The predicted octanol–water partition coefficient (Wildman–Crippen LogP) is 3.42. The summed E-state index contributed by atoms with van der Waals surface area (Å²) in [5.74, 6) is -0.0890. The minimum atomic E-state index is -3.85. The molecule has 0 bridgehead atoms. The molecule has 4 nitrogen and oxygen atoms in total. The van der Waals surface area contributed by atoms with Crippen LogP contribution in [-0.2, 0) is 10.0 Å². The normalized spacial score (nSPS) is 16.5. The first-order valence-electron chi connectivity index (χ1n) is 7.14. The Morgan fingerprint density at radius 1 is 1.33 bits per heavy atom. The van der Waals surface area contributed by atoms with Gasteiger partial charge in [-0.1, -0.05) is 25.7 Å². The molecule has 0 aliphatic heterocycles. The standard InChI is InChI=1S/C14H20BrFN2O2S/c15-11-8-12(16)14(9-13(11)17)21(19,20)18-7-3-6-10-4-1-2-5-10/h8-10,18H,1-7,17H2. The zero-order valence-electron chi connectivity index (χ0n) is 11.7. The Morgan fingerprint density at radius 2 is 2.00 bits per heavy atom. The van der Waals surface area contributed by atoms with E-state index >= 15 is 0 Å². The number of sulfonamides is 1. The van der Waals surface area contributed by atoms with Crippen LogP contribution in [0.5, 0.6) is 0 Å². The summed E-state index contributed by atoms with van der Waals surface area (Å²) in [6.45, 7) is 0.328. The van der Waals surface area contributed by atoms with Crippen molar-refractivity contribution in [1.82, 2.24) is 4.72 Å². The van der Waals surface area contributed by atoms with Gasteiger partial charge in [0.25, 0.3) is 0 Å². The number of hydrogen-bond acceptors (Lipinski definition) is 3. The summed E-state index contributed by atoms with van der Waals surface area (Å²) < 4.78 is 40.8. The summed E-state index contributed by atoms with van der Waals surface area (Å²) in [4.78, 5) is -0.399. The molecule has 0 radical (unpaired) electrons. The van der Waals surface area contributed by atoms with E-state index in [0.717, 1.165) is 30.9 Å². The van der Waals surface area contributed by atoms with Crippen molar-refractivity contribution in [3.63, 3.8) is 0 Å². The third-order valence-electron chi connectivity index (χ3n) is 3.90. The second-order valence-electron chi connectivity index (χ2n) is 5.49. The Hall–Kier alpha value is -0.660. The molecule has 0 unspecified atom stereocenters. The largest absolute Gasteiger partial charge is 0.398 e. The Bertz CT molecular complexity index is 601. The Balaban J connectivity index is 1.93. The van der Waals surface area contributed by atoms with Crippen LogP contribution < -0.4 is 10.5 Å². The van der Waals surface area contributed by atoms with Crippen molar-refractivity contribution >= 4 is 31.6 Å². The molecule has 1 aromatic carbocycles. The fourth-order valence-corrected chi connectivity index (χ4v) is 4.21. The van der Waals surface area contributed by atoms with Crippen molar-refractivity contribution in [2.75, 3.05) is 12.3 Å². The van der Waals surface area contributed by atoms with Gasteiger partial charge >= 0.3 is 0 Å². The smallest absolute Gasteiger partial charge is 0.243 e. The number of rotatable bonds is 6. The Labute approximate surface area is 133 Å². The number of nitrogens with two attached hydrogens (primary N) is 1. The highest BCUT2D eigenvalue weighted by molar-refractivity contribution is 9.10. The minimum absolute atomic E-state index is 0.197. The molecule has 1 aromatic rings. The van der Waals surface area contributed by atoms with Crippen LogP contribution in [-0.4, -0.2) is 15.0 Å². The van der Waals surface area contributed by atoms with E-state index in [0.29, 0.717) is 11.0 Å². The van der Waals surface area contributed by atoms with E-state index in [-0.39, 0.29) is 5.69 Å². The van der Waals surface area contributed by atoms with Crippen LogP contribution in [0.4, 0.5) is 10.1 Å². The SMILES string of the molecule is Nc1cc(S(=O)(=O)NCCCC2CCCC2)c(F)cc1Br. The molecule has 0 aromatic heterocycles. The molecular weight excluding hydrogens is 359 g/mol. The quantitative estimate of drug-likeness (QED) is 0.588. The predicted molar refractivity (Wildman–Crippen MR) is 84.9 cm³/mol. The van der Waals surface area contributed by atoms with Gasteiger partial charge in [0.1, 0.15) is 10.7 Å². The monoisotopic (exact) mass is 378 g/mol. The van der Waals surface area contributed by atoms with Crippen LogP contribution in [0, 0.1) is 11.7 Å². The maximum atomic E-state index is 13.8. The van der Waals surface area contributed by atoms with E-state index in [1.807, 2.05) is 0 Å². The Morgan fingerprint density at radius 3 is 2.67 bits per heavy atom. The van der Waals surface area contributed by atoms with Gasteiger partial charge in [-0.2, -0.15) is 0 Å². The molecule has 3 N–H and O–H groups in total. The lowest BCUT2D eigenvalue weighted by molar-refractivity contribution is 0.480. The maximum Gasteiger partial charge on any atom is 0.243 e. The minimum Gasteiger partial charge on any atom is -0.398 e. The molecule has 0 amide bonds. The summed E-state index contributed by atoms with van der Waals surface area (Å²) in [5.41, 5.74) is 5.81. The highest BCUT2D eigenvalue weighted by Gasteiger charge is 2.21. The molecule has 0 spiro atoms. The zero-order chi connectivity index (χ0) is 15.5. The number of nitrogens with one attached hydrogen (secondary N) is 1. The lowest BCUT2D eigenvalue weighted by Gasteiger charge is -2.11. The number of anilines is 1. The van der Waals surface area contributed by atoms with Gasteiger partial charge in [-0.05, 0) is 46.8 Å². The first kappa shape index (κ1) is 16.7. The van der Waals surface area contributed by atoms with Gasteiger partial charge in [-0.25, -0.2) is 17.5 Å². The fraction of sp³-hybridized carbons (Fsp3) is 0.571. The van der Waals surface area contributed by atoms with Gasteiger partial charge in [-0.3, -0.25) is 0 Å². The molecule has 118 valence electrons. The molecule has 21 heavy (non-hydrogen) atoms. The number of benzene rings is 1. The van der Waals surface area contributed by atoms with Crippen molar-refractivity contribution in [2.24, 2.45) is 5.92 Å². The van der Waals surface area contributed by atoms with Crippen molar-refractivity contribution < 1.29 is 12.8 Å². The molecule has 1 aliphatic carbocycles. The van der Waals surface area contributed by atoms with Gasteiger partial charge in [0, 0.05) is 16.7 Å². The van der Waals surface area contributed by atoms with Gasteiger partial charge in [-0.15, -0.1) is 0 Å². The zero-order valence-corrected chi connectivity index (χ0v) is 14.1. The van der Waals surface area contributed by atoms with Crippen LogP contribution in [0.25, 0.3) is 0 Å². The van der Waals surface area contributed by atoms with E-state index in [2.05, 4.69) is 20.7 Å². The average Bonchev–Trinajstić information content (AvgIpc) is 2.92. The average molecular weight is 379 g/mol.